The van der Waals surface area contributed by atoms with Crippen molar-refractivity contribution < 1.29 is 4.74 Å². The van der Waals surface area contributed by atoms with Crippen molar-refractivity contribution in [3.8, 4) is 0 Å². The highest BCUT2D eigenvalue weighted by Crippen LogP contribution is 2.10. The van der Waals surface area contributed by atoms with E-state index < -0.39 is 0 Å². The Morgan fingerprint density at radius 3 is 2.82 bits per heavy atom. The molecule has 2 unspecified atom stereocenters. The fraction of sp³-hybridized carbons (Fsp3) is 1.00. The molecule has 0 bridgehead atoms. The molecule has 1 heterocycles. The first-order chi connectivity index (χ1) is 8.18. The quantitative estimate of drug-likeness (QED) is 0.608. The molecule has 3 heteroatoms. The number of hydrogen-bond acceptors (Lipinski definition) is 3. The van der Waals surface area contributed by atoms with Crippen molar-refractivity contribution in [2.45, 2.75) is 58.5 Å². The zero-order chi connectivity index (χ0) is 12.5. The molecule has 17 heavy (non-hydrogen) atoms. The van der Waals surface area contributed by atoms with Crippen molar-refractivity contribution >= 4 is 0 Å². The maximum atomic E-state index is 5.56. The molecule has 102 valence electrons. The smallest absolute Gasteiger partial charge is 0.0489 e. The Morgan fingerprint density at radius 2 is 2.18 bits per heavy atom. The van der Waals surface area contributed by atoms with Crippen LogP contribution in [0.2, 0.25) is 0 Å². The molecule has 0 aromatic carbocycles. The first-order valence-electron chi connectivity index (χ1n) is 7.23. The van der Waals surface area contributed by atoms with Gasteiger partial charge >= 0.3 is 0 Å². The van der Waals surface area contributed by atoms with Gasteiger partial charge in [-0.05, 0) is 51.6 Å². The summed E-state index contributed by atoms with van der Waals surface area (Å²) in [6.07, 6.45) is 5.08. The highest BCUT2D eigenvalue weighted by Gasteiger charge is 2.16. The summed E-state index contributed by atoms with van der Waals surface area (Å²) >= 11 is 0. The molecule has 1 saturated heterocycles. The summed E-state index contributed by atoms with van der Waals surface area (Å²) in [4.78, 5) is 0. The molecule has 0 aliphatic carbocycles. The number of hydrogen-bond donors (Lipinski definition) is 2. The van der Waals surface area contributed by atoms with Gasteiger partial charge in [-0.15, -0.1) is 0 Å². The SMILES string of the molecule is CC(C)COCCCNC(C)CC1CCCN1. The molecule has 1 rings (SSSR count). The highest BCUT2D eigenvalue weighted by molar-refractivity contribution is 4.78. The van der Waals surface area contributed by atoms with Gasteiger partial charge in [-0.1, -0.05) is 13.8 Å². The van der Waals surface area contributed by atoms with Crippen molar-refractivity contribution in [2.75, 3.05) is 26.3 Å². The lowest BCUT2D eigenvalue weighted by atomic mass is 10.1. The number of rotatable bonds is 9. The Labute approximate surface area is 107 Å². The van der Waals surface area contributed by atoms with Gasteiger partial charge in [-0.2, -0.15) is 0 Å². The van der Waals surface area contributed by atoms with Gasteiger partial charge in [0.25, 0.3) is 0 Å². The molecule has 0 saturated carbocycles. The zero-order valence-electron chi connectivity index (χ0n) is 11.8. The van der Waals surface area contributed by atoms with Crippen LogP contribution in [0.25, 0.3) is 0 Å². The lowest BCUT2D eigenvalue weighted by molar-refractivity contribution is 0.107. The summed E-state index contributed by atoms with van der Waals surface area (Å²) in [6.45, 7) is 10.7. The van der Waals surface area contributed by atoms with Crippen LogP contribution in [0.3, 0.4) is 0 Å². The predicted octanol–water partition coefficient (Wildman–Crippen LogP) is 2.17. The van der Waals surface area contributed by atoms with Crippen molar-refractivity contribution in [1.82, 2.24) is 10.6 Å². The Bertz CT molecular complexity index is 179. The molecule has 1 fully saturated rings. The van der Waals surface area contributed by atoms with Gasteiger partial charge in [-0.3, -0.25) is 0 Å². The maximum absolute atomic E-state index is 5.56. The van der Waals surface area contributed by atoms with Crippen molar-refractivity contribution in [3.63, 3.8) is 0 Å². The largest absolute Gasteiger partial charge is 0.381 e. The second-order valence-electron chi connectivity index (χ2n) is 5.71. The molecule has 0 aromatic rings. The van der Waals surface area contributed by atoms with Gasteiger partial charge in [0.1, 0.15) is 0 Å². The minimum Gasteiger partial charge on any atom is -0.381 e. The van der Waals surface area contributed by atoms with E-state index in [4.69, 9.17) is 4.74 Å². The van der Waals surface area contributed by atoms with Crippen LogP contribution in [0, 0.1) is 5.92 Å². The monoisotopic (exact) mass is 242 g/mol. The normalized spacial score (nSPS) is 22.2. The van der Waals surface area contributed by atoms with E-state index in [1.165, 1.54) is 25.8 Å². The molecule has 2 atom stereocenters. The second-order valence-corrected chi connectivity index (χ2v) is 5.71. The summed E-state index contributed by atoms with van der Waals surface area (Å²) in [5, 5.41) is 7.12. The number of ether oxygens (including phenoxy) is 1. The summed E-state index contributed by atoms with van der Waals surface area (Å²) in [7, 11) is 0. The first kappa shape index (κ1) is 14.9. The highest BCUT2D eigenvalue weighted by atomic mass is 16.5. The minimum absolute atomic E-state index is 0.621. The second kappa shape index (κ2) is 8.90. The van der Waals surface area contributed by atoms with Gasteiger partial charge in [0.05, 0.1) is 0 Å². The zero-order valence-corrected chi connectivity index (χ0v) is 11.8. The Hall–Kier alpha value is -0.120. The van der Waals surface area contributed by atoms with E-state index >= 15 is 0 Å². The summed E-state index contributed by atoms with van der Waals surface area (Å²) in [5.41, 5.74) is 0. The average Bonchev–Trinajstić information content (AvgIpc) is 2.75. The molecule has 0 amide bonds. The molecule has 0 aromatic heterocycles. The van der Waals surface area contributed by atoms with Gasteiger partial charge in [0.2, 0.25) is 0 Å². The van der Waals surface area contributed by atoms with Crippen LogP contribution in [0.1, 0.15) is 46.5 Å². The van der Waals surface area contributed by atoms with E-state index in [-0.39, 0.29) is 0 Å². The third-order valence-electron chi connectivity index (χ3n) is 3.21. The maximum Gasteiger partial charge on any atom is 0.0489 e. The van der Waals surface area contributed by atoms with Gasteiger partial charge in [-0.25, -0.2) is 0 Å². The van der Waals surface area contributed by atoms with Crippen molar-refractivity contribution in [3.05, 3.63) is 0 Å². The van der Waals surface area contributed by atoms with E-state index in [0.29, 0.717) is 12.0 Å². The van der Waals surface area contributed by atoms with E-state index in [0.717, 1.165) is 32.2 Å². The lowest BCUT2D eigenvalue weighted by Crippen LogP contribution is -2.34. The van der Waals surface area contributed by atoms with E-state index in [1.807, 2.05) is 0 Å². The van der Waals surface area contributed by atoms with Crippen LogP contribution in [0.4, 0.5) is 0 Å². The molecule has 1 aliphatic heterocycles. The van der Waals surface area contributed by atoms with Crippen LogP contribution in [-0.2, 0) is 4.74 Å². The molecular weight excluding hydrogens is 212 g/mol. The van der Waals surface area contributed by atoms with E-state index in [1.54, 1.807) is 0 Å². The Morgan fingerprint density at radius 1 is 1.35 bits per heavy atom. The molecular formula is C14H30N2O. The Balaban J connectivity index is 1.87. The third-order valence-corrected chi connectivity index (χ3v) is 3.21. The lowest BCUT2D eigenvalue weighted by Gasteiger charge is -2.18. The summed E-state index contributed by atoms with van der Waals surface area (Å²) in [5.74, 6) is 0.648. The summed E-state index contributed by atoms with van der Waals surface area (Å²) < 4.78 is 5.56. The standard InChI is InChI=1S/C14H30N2O/c1-12(2)11-17-9-5-8-15-13(3)10-14-6-4-7-16-14/h12-16H,4-11H2,1-3H3. The average molecular weight is 242 g/mol. The summed E-state index contributed by atoms with van der Waals surface area (Å²) in [6, 6.07) is 1.37. The fourth-order valence-corrected chi connectivity index (χ4v) is 2.31. The first-order valence-corrected chi connectivity index (χ1v) is 7.23. The number of nitrogens with one attached hydrogen (secondary N) is 2. The molecule has 2 N–H and O–H groups in total. The fourth-order valence-electron chi connectivity index (χ4n) is 2.31. The van der Waals surface area contributed by atoms with Crippen molar-refractivity contribution in [1.29, 1.82) is 0 Å². The van der Waals surface area contributed by atoms with Crippen molar-refractivity contribution in [2.24, 2.45) is 5.92 Å². The molecule has 3 nitrogen and oxygen atoms in total. The van der Waals surface area contributed by atoms with Crippen LogP contribution in [0.5, 0.6) is 0 Å². The Kier molecular flexibility index (Phi) is 7.82. The van der Waals surface area contributed by atoms with Gasteiger partial charge in [0.15, 0.2) is 0 Å². The van der Waals surface area contributed by atoms with Crippen LogP contribution in [0.15, 0.2) is 0 Å². The van der Waals surface area contributed by atoms with Gasteiger partial charge in [0, 0.05) is 25.3 Å². The van der Waals surface area contributed by atoms with Crippen LogP contribution >= 0.6 is 0 Å². The van der Waals surface area contributed by atoms with Gasteiger partial charge < -0.3 is 15.4 Å². The third kappa shape index (κ3) is 7.74. The molecule has 0 radical (unpaired) electrons. The van der Waals surface area contributed by atoms with E-state index in [2.05, 4.69) is 31.4 Å². The van der Waals surface area contributed by atoms with Crippen LogP contribution < -0.4 is 10.6 Å². The molecule has 1 aliphatic rings. The minimum atomic E-state index is 0.621. The van der Waals surface area contributed by atoms with E-state index in [9.17, 15) is 0 Å². The van der Waals surface area contributed by atoms with Crippen LogP contribution in [-0.4, -0.2) is 38.4 Å². The molecule has 0 spiro atoms. The predicted molar refractivity (Wildman–Crippen MR) is 73.4 cm³/mol. The topological polar surface area (TPSA) is 33.3 Å².